The van der Waals surface area contributed by atoms with Crippen molar-refractivity contribution in [3.05, 3.63) is 46.5 Å². The summed E-state index contributed by atoms with van der Waals surface area (Å²) in [5.74, 6) is 0. The molecule has 0 saturated heterocycles. The molecule has 0 aliphatic rings. The monoisotopic (exact) mass is 271 g/mol. The zero-order valence-corrected chi connectivity index (χ0v) is 11.7. The minimum absolute atomic E-state index is 0.296. The highest BCUT2D eigenvalue weighted by atomic mass is 35.5. The fourth-order valence-electron chi connectivity index (χ4n) is 1.86. The lowest BCUT2D eigenvalue weighted by Crippen LogP contribution is -2.21. The van der Waals surface area contributed by atoms with Gasteiger partial charge in [-0.2, -0.15) is 0 Å². The lowest BCUT2D eigenvalue weighted by atomic mass is 10.0. The van der Waals surface area contributed by atoms with Crippen molar-refractivity contribution in [1.29, 1.82) is 0 Å². The Hall–Kier alpha value is -0.500. The summed E-state index contributed by atoms with van der Waals surface area (Å²) in [7, 11) is 0. The van der Waals surface area contributed by atoms with Crippen LogP contribution in [-0.4, -0.2) is 6.54 Å². The van der Waals surface area contributed by atoms with Crippen molar-refractivity contribution in [2.75, 3.05) is 6.54 Å². The molecule has 17 heavy (non-hydrogen) atoms. The fraction of sp³-hybridized carbons (Fsp3) is 0.429. The van der Waals surface area contributed by atoms with E-state index in [9.17, 15) is 0 Å². The molecular weight excluding hydrogens is 253 g/mol. The molecule has 0 fully saturated rings. The number of hydrogen-bond acceptors (Lipinski definition) is 1. The minimum Gasteiger partial charge on any atom is -0.310 e. The Morgan fingerprint density at radius 2 is 2.18 bits per heavy atom. The van der Waals surface area contributed by atoms with Crippen LogP contribution >= 0.6 is 23.2 Å². The third-order valence-corrected chi connectivity index (χ3v) is 3.25. The first-order chi connectivity index (χ1) is 8.19. The van der Waals surface area contributed by atoms with Gasteiger partial charge in [-0.3, -0.25) is 0 Å². The van der Waals surface area contributed by atoms with E-state index >= 15 is 0 Å². The van der Waals surface area contributed by atoms with Gasteiger partial charge in [-0.1, -0.05) is 42.3 Å². The Morgan fingerprint density at radius 3 is 2.76 bits per heavy atom. The van der Waals surface area contributed by atoms with Gasteiger partial charge in [-0.05, 0) is 43.5 Å². The van der Waals surface area contributed by atoms with Crippen molar-refractivity contribution in [2.45, 2.75) is 32.2 Å². The molecule has 0 amide bonds. The summed E-state index contributed by atoms with van der Waals surface area (Å²) in [6.45, 7) is 6.77. The quantitative estimate of drug-likeness (QED) is 0.544. The highest BCUT2D eigenvalue weighted by Crippen LogP contribution is 2.29. The highest BCUT2D eigenvalue weighted by Gasteiger charge is 2.13. The SMILES string of the molecule is C=CCCCC(NCC)c1ccc(Cl)cc1Cl. The smallest absolute Gasteiger partial charge is 0.0468 e. The van der Waals surface area contributed by atoms with E-state index in [1.165, 1.54) is 0 Å². The first-order valence-corrected chi connectivity index (χ1v) is 6.73. The lowest BCUT2D eigenvalue weighted by molar-refractivity contribution is 0.500. The lowest BCUT2D eigenvalue weighted by Gasteiger charge is -2.19. The molecule has 0 bridgehead atoms. The van der Waals surface area contributed by atoms with Crippen LogP contribution in [0.15, 0.2) is 30.9 Å². The normalized spacial score (nSPS) is 12.4. The number of nitrogens with one attached hydrogen (secondary N) is 1. The molecule has 1 aromatic carbocycles. The van der Waals surface area contributed by atoms with Crippen LogP contribution in [0.2, 0.25) is 10.0 Å². The van der Waals surface area contributed by atoms with Crippen molar-refractivity contribution in [3.63, 3.8) is 0 Å². The maximum atomic E-state index is 6.23. The van der Waals surface area contributed by atoms with E-state index in [0.717, 1.165) is 36.4 Å². The molecule has 1 unspecified atom stereocenters. The number of halogens is 2. The first-order valence-electron chi connectivity index (χ1n) is 5.98. The second-order valence-corrected chi connectivity index (χ2v) is 4.84. The van der Waals surface area contributed by atoms with Crippen molar-refractivity contribution in [1.82, 2.24) is 5.32 Å². The molecule has 0 aromatic heterocycles. The fourth-order valence-corrected chi connectivity index (χ4v) is 2.40. The van der Waals surface area contributed by atoms with Gasteiger partial charge in [0.1, 0.15) is 0 Å². The molecule has 0 aliphatic heterocycles. The number of rotatable bonds is 7. The maximum absolute atomic E-state index is 6.23. The van der Waals surface area contributed by atoms with Gasteiger partial charge in [0.25, 0.3) is 0 Å². The number of unbranched alkanes of at least 4 members (excludes halogenated alkanes) is 1. The van der Waals surface area contributed by atoms with Crippen LogP contribution in [0.3, 0.4) is 0 Å². The van der Waals surface area contributed by atoms with Gasteiger partial charge < -0.3 is 5.32 Å². The van der Waals surface area contributed by atoms with Crippen LogP contribution in [0, 0.1) is 0 Å². The van der Waals surface area contributed by atoms with E-state index in [-0.39, 0.29) is 0 Å². The van der Waals surface area contributed by atoms with E-state index < -0.39 is 0 Å². The Labute approximate surface area is 114 Å². The molecular formula is C14H19Cl2N. The molecule has 1 rings (SSSR count). The standard InChI is InChI=1S/C14H19Cl2N/c1-3-5-6-7-14(17-4-2)12-9-8-11(15)10-13(12)16/h3,8-10,14,17H,1,4-7H2,2H3. The van der Waals surface area contributed by atoms with Gasteiger partial charge in [0.15, 0.2) is 0 Å². The zero-order chi connectivity index (χ0) is 12.7. The second kappa shape index (κ2) is 7.75. The zero-order valence-electron chi connectivity index (χ0n) is 10.2. The molecule has 94 valence electrons. The van der Waals surface area contributed by atoms with E-state index in [1.54, 1.807) is 6.07 Å². The van der Waals surface area contributed by atoms with Crippen molar-refractivity contribution < 1.29 is 0 Å². The van der Waals surface area contributed by atoms with E-state index in [1.807, 2.05) is 18.2 Å². The highest BCUT2D eigenvalue weighted by molar-refractivity contribution is 6.35. The van der Waals surface area contributed by atoms with Crippen molar-refractivity contribution in [3.8, 4) is 0 Å². The predicted octanol–water partition coefficient (Wildman–Crippen LogP) is 5.00. The minimum atomic E-state index is 0.296. The average Bonchev–Trinajstić information content (AvgIpc) is 2.28. The molecule has 1 nitrogen and oxygen atoms in total. The third kappa shape index (κ3) is 4.71. The molecule has 0 spiro atoms. The summed E-state index contributed by atoms with van der Waals surface area (Å²) < 4.78 is 0. The van der Waals surface area contributed by atoms with Crippen LogP contribution in [0.25, 0.3) is 0 Å². The van der Waals surface area contributed by atoms with Crippen LogP contribution in [0.5, 0.6) is 0 Å². The van der Waals surface area contributed by atoms with E-state index in [2.05, 4.69) is 18.8 Å². The Kier molecular flexibility index (Phi) is 6.64. The number of hydrogen-bond donors (Lipinski definition) is 1. The van der Waals surface area contributed by atoms with Crippen LogP contribution in [-0.2, 0) is 0 Å². The largest absolute Gasteiger partial charge is 0.310 e. The number of allylic oxidation sites excluding steroid dienone is 1. The molecule has 0 radical (unpaired) electrons. The summed E-state index contributed by atoms with van der Waals surface area (Å²) >= 11 is 12.1. The van der Waals surface area contributed by atoms with Gasteiger partial charge in [-0.15, -0.1) is 6.58 Å². The third-order valence-electron chi connectivity index (χ3n) is 2.69. The summed E-state index contributed by atoms with van der Waals surface area (Å²) in [5, 5.41) is 4.87. The first kappa shape index (κ1) is 14.6. The van der Waals surface area contributed by atoms with Gasteiger partial charge >= 0.3 is 0 Å². The molecule has 0 heterocycles. The summed E-state index contributed by atoms with van der Waals surface area (Å²) in [6, 6.07) is 5.99. The van der Waals surface area contributed by atoms with Crippen LogP contribution in [0.4, 0.5) is 0 Å². The molecule has 1 atom stereocenters. The van der Waals surface area contributed by atoms with Gasteiger partial charge in [-0.25, -0.2) is 0 Å². The molecule has 3 heteroatoms. The predicted molar refractivity (Wildman–Crippen MR) is 76.9 cm³/mol. The number of benzene rings is 1. The van der Waals surface area contributed by atoms with Crippen LogP contribution in [0.1, 0.15) is 37.8 Å². The molecule has 1 aromatic rings. The van der Waals surface area contributed by atoms with Crippen molar-refractivity contribution in [2.24, 2.45) is 0 Å². The Balaban J connectivity index is 2.77. The van der Waals surface area contributed by atoms with Gasteiger partial charge in [0, 0.05) is 16.1 Å². The molecule has 0 saturated carbocycles. The summed E-state index contributed by atoms with van der Waals surface area (Å²) in [4.78, 5) is 0. The second-order valence-electron chi connectivity index (χ2n) is 4.00. The van der Waals surface area contributed by atoms with Gasteiger partial charge in [0.2, 0.25) is 0 Å². The maximum Gasteiger partial charge on any atom is 0.0468 e. The van der Waals surface area contributed by atoms with Gasteiger partial charge in [0.05, 0.1) is 0 Å². The van der Waals surface area contributed by atoms with Crippen LogP contribution < -0.4 is 5.32 Å². The average molecular weight is 272 g/mol. The summed E-state index contributed by atoms with van der Waals surface area (Å²) in [5.41, 5.74) is 1.13. The summed E-state index contributed by atoms with van der Waals surface area (Å²) in [6.07, 6.45) is 5.15. The molecule has 0 aliphatic carbocycles. The van der Waals surface area contributed by atoms with E-state index in [4.69, 9.17) is 23.2 Å². The topological polar surface area (TPSA) is 12.0 Å². The Morgan fingerprint density at radius 1 is 1.41 bits per heavy atom. The van der Waals surface area contributed by atoms with Crippen molar-refractivity contribution >= 4 is 23.2 Å². The van der Waals surface area contributed by atoms with E-state index in [0.29, 0.717) is 11.1 Å². The molecule has 1 N–H and O–H groups in total. The Bertz CT molecular complexity index is 363.